The summed E-state index contributed by atoms with van der Waals surface area (Å²) in [6, 6.07) is 8.08. The van der Waals surface area contributed by atoms with E-state index in [9.17, 15) is 9.18 Å². The first kappa shape index (κ1) is 17.6. The number of hydrogen-bond donors (Lipinski definition) is 1. The van der Waals surface area contributed by atoms with Gasteiger partial charge in [0.1, 0.15) is 5.82 Å². The molecule has 7 heteroatoms. The summed E-state index contributed by atoms with van der Waals surface area (Å²) in [7, 11) is 0. The maximum absolute atomic E-state index is 13.3. The van der Waals surface area contributed by atoms with Crippen molar-refractivity contribution in [2.24, 2.45) is 0 Å². The van der Waals surface area contributed by atoms with Crippen LogP contribution in [0.4, 0.5) is 4.39 Å². The van der Waals surface area contributed by atoms with Crippen LogP contribution < -0.4 is 5.32 Å². The summed E-state index contributed by atoms with van der Waals surface area (Å²) in [6.07, 6.45) is 5.15. The van der Waals surface area contributed by atoms with Gasteiger partial charge < -0.3 is 14.7 Å². The topological polar surface area (TPSA) is 71.3 Å². The molecule has 2 aromatic heterocycles. The fourth-order valence-corrected chi connectivity index (χ4v) is 3.58. The van der Waals surface area contributed by atoms with Crippen molar-refractivity contribution in [2.45, 2.75) is 18.8 Å². The molecule has 1 fully saturated rings. The largest absolute Gasteiger partial charge is 0.356 e. The minimum atomic E-state index is -0.312. The number of nitrogens with one attached hydrogen (secondary N) is 1. The van der Waals surface area contributed by atoms with Gasteiger partial charge in [-0.25, -0.2) is 4.39 Å². The number of likely N-dealkylation sites (tertiary alicyclic amines) is 1. The Morgan fingerprint density at radius 1 is 1.30 bits per heavy atom. The van der Waals surface area contributed by atoms with Crippen LogP contribution in [-0.2, 0) is 0 Å². The number of pyridine rings is 1. The first-order valence-electron chi connectivity index (χ1n) is 9.16. The number of fused-ring (bicyclic) bond motifs is 1. The van der Waals surface area contributed by atoms with Crippen LogP contribution >= 0.6 is 0 Å². The second-order valence-corrected chi connectivity index (χ2v) is 6.82. The van der Waals surface area contributed by atoms with Crippen molar-refractivity contribution in [3.05, 3.63) is 59.8 Å². The fourth-order valence-electron chi connectivity index (χ4n) is 3.58. The molecular formula is C20H21FN4O2. The Hall–Kier alpha value is -2.80. The molecule has 4 rings (SSSR count). The van der Waals surface area contributed by atoms with E-state index in [1.54, 1.807) is 30.6 Å². The molecule has 0 saturated carbocycles. The lowest BCUT2D eigenvalue weighted by Gasteiger charge is -2.31. The van der Waals surface area contributed by atoms with E-state index in [1.807, 2.05) is 0 Å². The molecule has 0 radical (unpaired) electrons. The Bertz CT molecular complexity index is 920. The Kier molecular flexibility index (Phi) is 5.11. The van der Waals surface area contributed by atoms with Gasteiger partial charge in [0.05, 0.1) is 11.3 Å². The summed E-state index contributed by atoms with van der Waals surface area (Å²) >= 11 is 0. The third kappa shape index (κ3) is 3.98. The van der Waals surface area contributed by atoms with Crippen LogP contribution in [0.5, 0.6) is 0 Å². The van der Waals surface area contributed by atoms with Gasteiger partial charge in [-0.05, 0) is 50.2 Å². The third-order valence-corrected chi connectivity index (χ3v) is 5.07. The van der Waals surface area contributed by atoms with Crippen LogP contribution in [0, 0.1) is 5.82 Å². The maximum atomic E-state index is 13.3. The lowest BCUT2D eigenvalue weighted by Crippen LogP contribution is -2.39. The van der Waals surface area contributed by atoms with Crippen molar-refractivity contribution in [1.29, 1.82) is 0 Å². The molecule has 27 heavy (non-hydrogen) atoms. The smallest absolute Gasteiger partial charge is 0.252 e. The number of aromatic nitrogens is 2. The molecule has 0 bridgehead atoms. The van der Waals surface area contributed by atoms with E-state index >= 15 is 0 Å². The Labute approximate surface area is 156 Å². The van der Waals surface area contributed by atoms with Crippen LogP contribution in [-0.4, -0.2) is 47.1 Å². The predicted octanol–water partition coefficient (Wildman–Crippen LogP) is 2.97. The van der Waals surface area contributed by atoms with E-state index in [4.69, 9.17) is 4.52 Å². The van der Waals surface area contributed by atoms with E-state index in [-0.39, 0.29) is 11.7 Å². The summed E-state index contributed by atoms with van der Waals surface area (Å²) < 4.78 is 18.6. The summed E-state index contributed by atoms with van der Waals surface area (Å²) in [5.74, 6) is -0.0921. The molecular weight excluding hydrogens is 347 g/mol. The zero-order valence-electron chi connectivity index (χ0n) is 14.9. The van der Waals surface area contributed by atoms with Crippen molar-refractivity contribution in [1.82, 2.24) is 20.4 Å². The SMILES string of the molecule is O=C(NCCN1CCC(c2noc3cc(F)ccc23)CC1)c1cccnc1. The number of nitrogens with zero attached hydrogens (tertiary/aromatic N) is 3. The molecule has 1 aliphatic rings. The van der Waals surface area contributed by atoms with E-state index in [0.29, 0.717) is 23.6 Å². The van der Waals surface area contributed by atoms with Gasteiger partial charge in [-0.3, -0.25) is 9.78 Å². The van der Waals surface area contributed by atoms with Crippen molar-refractivity contribution in [3.8, 4) is 0 Å². The molecule has 1 N–H and O–H groups in total. The number of amides is 1. The average Bonchev–Trinajstić information content (AvgIpc) is 3.12. The molecule has 3 heterocycles. The second-order valence-electron chi connectivity index (χ2n) is 6.82. The van der Waals surface area contributed by atoms with Crippen molar-refractivity contribution < 1.29 is 13.7 Å². The number of hydrogen-bond acceptors (Lipinski definition) is 5. The number of rotatable bonds is 5. The Balaban J connectivity index is 1.27. The first-order valence-corrected chi connectivity index (χ1v) is 9.16. The highest BCUT2D eigenvalue weighted by atomic mass is 19.1. The van der Waals surface area contributed by atoms with Crippen molar-refractivity contribution in [2.75, 3.05) is 26.2 Å². The van der Waals surface area contributed by atoms with E-state index in [0.717, 1.165) is 43.6 Å². The molecule has 6 nitrogen and oxygen atoms in total. The zero-order valence-corrected chi connectivity index (χ0v) is 14.9. The molecule has 0 atom stereocenters. The second kappa shape index (κ2) is 7.84. The van der Waals surface area contributed by atoms with Crippen molar-refractivity contribution in [3.63, 3.8) is 0 Å². The molecule has 0 aliphatic carbocycles. The highest BCUT2D eigenvalue weighted by Crippen LogP contribution is 2.32. The summed E-state index contributed by atoms with van der Waals surface area (Å²) in [5.41, 5.74) is 2.01. The highest BCUT2D eigenvalue weighted by molar-refractivity contribution is 5.93. The Morgan fingerprint density at radius 2 is 2.15 bits per heavy atom. The molecule has 3 aromatic rings. The van der Waals surface area contributed by atoms with Gasteiger partial charge in [0.15, 0.2) is 5.58 Å². The molecule has 1 aromatic carbocycles. The van der Waals surface area contributed by atoms with E-state index in [1.165, 1.54) is 12.1 Å². The molecule has 1 aliphatic heterocycles. The third-order valence-electron chi connectivity index (χ3n) is 5.07. The van der Waals surface area contributed by atoms with Gasteiger partial charge in [0.25, 0.3) is 5.91 Å². The summed E-state index contributed by atoms with van der Waals surface area (Å²) in [4.78, 5) is 18.3. The molecule has 0 spiro atoms. The van der Waals surface area contributed by atoms with Gasteiger partial charge >= 0.3 is 0 Å². The first-order chi connectivity index (χ1) is 13.2. The normalized spacial score (nSPS) is 15.9. The van der Waals surface area contributed by atoms with Gasteiger partial charge in [-0.1, -0.05) is 5.16 Å². The van der Waals surface area contributed by atoms with Crippen LogP contribution in [0.3, 0.4) is 0 Å². The van der Waals surface area contributed by atoms with Gasteiger partial charge in [-0.15, -0.1) is 0 Å². The number of carbonyl (C=O) groups excluding carboxylic acids is 1. The molecule has 1 saturated heterocycles. The number of piperidine rings is 1. The van der Waals surface area contributed by atoms with Crippen LogP contribution in [0.15, 0.2) is 47.2 Å². The van der Waals surface area contributed by atoms with Gasteiger partial charge in [0, 0.05) is 42.9 Å². The molecule has 0 unspecified atom stereocenters. The molecule has 140 valence electrons. The fraction of sp³-hybridized carbons (Fsp3) is 0.350. The highest BCUT2D eigenvalue weighted by Gasteiger charge is 2.25. The number of benzene rings is 1. The van der Waals surface area contributed by atoms with Crippen LogP contribution in [0.1, 0.15) is 34.8 Å². The van der Waals surface area contributed by atoms with Crippen LogP contribution in [0.25, 0.3) is 11.0 Å². The average molecular weight is 368 g/mol. The maximum Gasteiger partial charge on any atom is 0.252 e. The monoisotopic (exact) mass is 368 g/mol. The zero-order chi connectivity index (χ0) is 18.6. The number of carbonyl (C=O) groups is 1. The predicted molar refractivity (Wildman–Crippen MR) is 99.0 cm³/mol. The lowest BCUT2D eigenvalue weighted by atomic mass is 9.91. The van der Waals surface area contributed by atoms with E-state index in [2.05, 4.69) is 20.4 Å². The van der Waals surface area contributed by atoms with E-state index < -0.39 is 0 Å². The number of halogens is 1. The van der Waals surface area contributed by atoms with Gasteiger partial charge in [-0.2, -0.15) is 0 Å². The quantitative estimate of drug-likeness (QED) is 0.750. The van der Waals surface area contributed by atoms with Gasteiger partial charge in [0.2, 0.25) is 0 Å². The minimum Gasteiger partial charge on any atom is -0.356 e. The standard InChI is InChI=1S/C20H21FN4O2/c21-16-3-4-17-18(12-16)27-24-19(17)14-5-9-25(10-6-14)11-8-23-20(26)15-2-1-7-22-13-15/h1-4,7,12-14H,5-6,8-11H2,(H,23,26). The van der Waals surface area contributed by atoms with Crippen molar-refractivity contribution >= 4 is 16.9 Å². The lowest BCUT2D eigenvalue weighted by molar-refractivity contribution is 0.0945. The summed E-state index contributed by atoms with van der Waals surface area (Å²) in [6.45, 7) is 3.28. The van der Waals surface area contributed by atoms with Crippen LogP contribution in [0.2, 0.25) is 0 Å². The minimum absolute atomic E-state index is 0.0979. The Morgan fingerprint density at radius 3 is 2.93 bits per heavy atom. The molecule has 1 amide bonds. The summed E-state index contributed by atoms with van der Waals surface area (Å²) in [5, 5.41) is 8.01.